The van der Waals surface area contributed by atoms with Crippen molar-refractivity contribution in [3.8, 4) is 0 Å². The number of hydrogen-bond acceptors (Lipinski definition) is 7. The zero-order valence-electron chi connectivity index (χ0n) is 17.0. The van der Waals surface area contributed by atoms with Crippen molar-refractivity contribution in [2.45, 2.75) is 32.4 Å². The molecule has 2 unspecified atom stereocenters. The van der Waals surface area contributed by atoms with Crippen LogP contribution in [0.15, 0.2) is 29.6 Å². The van der Waals surface area contributed by atoms with Crippen LogP contribution in [-0.4, -0.2) is 46.9 Å². The Morgan fingerprint density at radius 2 is 1.97 bits per heavy atom. The minimum Gasteiger partial charge on any atom is -0.464 e. The number of hydrogen-bond donors (Lipinski definition) is 2. The molecule has 1 aromatic heterocycles. The van der Waals surface area contributed by atoms with Crippen LogP contribution < -0.4 is 10.6 Å². The number of carbonyl (C=O) groups excluding carboxylic acids is 4. The fourth-order valence-corrected chi connectivity index (χ4v) is 3.85. The van der Waals surface area contributed by atoms with E-state index in [1.807, 2.05) is 13.8 Å². The number of halogens is 1. The molecule has 0 aliphatic carbocycles. The standard InChI is InChI=1S/C20H21FN4O5S/c1-10(2)8-14(16(26)24-19-22-13(9-31-19)18(28)30-3)25-17(27)15(23-20(25)29)11-4-6-12(21)7-5-11/h4-7,9-10,14-15H,8H2,1-3H3,(H,23,29)(H,22,24,26). The number of ether oxygens (including phenoxy) is 1. The highest BCUT2D eigenvalue weighted by Crippen LogP contribution is 2.27. The van der Waals surface area contributed by atoms with Crippen LogP contribution >= 0.6 is 11.3 Å². The first-order valence-corrected chi connectivity index (χ1v) is 10.3. The Hall–Kier alpha value is -3.34. The summed E-state index contributed by atoms with van der Waals surface area (Å²) in [6, 6.07) is 2.37. The van der Waals surface area contributed by atoms with Crippen LogP contribution in [0.3, 0.4) is 0 Å². The van der Waals surface area contributed by atoms with Crippen molar-refractivity contribution in [3.05, 3.63) is 46.7 Å². The fourth-order valence-electron chi connectivity index (χ4n) is 3.16. The Balaban J connectivity index is 1.82. The number of thiazole rings is 1. The number of imide groups is 1. The third kappa shape index (κ3) is 4.88. The van der Waals surface area contributed by atoms with Gasteiger partial charge in [0.25, 0.3) is 5.91 Å². The van der Waals surface area contributed by atoms with E-state index in [9.17, 15) is 23.6 Å². The molecule has 2 aromatic rings. The highest BCUT2D eigenvalue weighted by atomic mass is 32.1. The molecule has 2 heterocycles. The summed E-state index contributed by atoms with van der Waals surface area (Å²) < 4.78 is 17.8. The number of nitrogens with one attached hydrogen (secondary N) is 2. The predicted molar refractivity (Wildman–Crippen MR) is 110 cm³/mol. The molecule has 1 aromatic carbocycles. The third-order valence-corrected chi connectivity index (χ3v) is 5.37. The van der Waals surface area contributed by atoms with Gasteiger partial charge in [-0.05, 0) is 30.0 Å². The van der Waals surface area contributed by atoms with Crippen molar-refractivity contribution in [1.29, 1.82) is 0 Å². The smallest absolute Gasteiger partial charge is 0.357 e. The SMILES string of the molecule is COC(=O)c1csc(NC(=O)C(CC(C)C)N2C(=O)NC(c3ccc(F)cc3)C2=O)n1. The number of nitrogens with zero attached hydrogens (tertiary/aromatic N) is 2. The van der Waals surface area contributed by atoms with Gasteiger partial charge in [-0.25, -0.2) is 23.9 Å². The van der Waals surface area contributed by atoms with Crippen LogP contribution in [0.5, 0.6) is 0 Å². The Labute approximate surface area is 181 Å². The molecule has 0 spiro atoms. The predicted octanol–water partition coefficient (Wildman–Crippen LogP) is 2.72. The van der Waals surface area contributed by atoms with E-state index in [4.69, 9.17) is 0 Å². The van der Waals surface area contributed by atoms with Crippen molar-refractivity contribution in [2.24, 2.45) is 5.92 Å². The van der Waals surface area contributed by atoms with Crippen molar-refractivity contribution in [2.75, 3.05) is 12.4 Å². The Morgan fingerprint density at radius 3 is 2.58 bits per heavy atom. The van der Waals surface area contributed by atoms with Gasteiger partial charge in [0.15, 0.2) is 10.8 Å². The topological polar surface area (TPSA) is 118 Å². The highest BCUT2D eigenvalue weighted by Gasteiger charge is 2.45. The van der Waals surface area contributed by atoms with Gasteiger partial charge in [-0.1, -0.05) is 26.0 Å². The number of carbonyl (C=O) groups is 4. The van der Waals surface area contributed by atoms with Crippen LogP contribution in [0, 0.1) is 11.7 Å². The third-order valence-electron chi connectivity index (χ3n) is 4.61. The molecule has 4 amide bonds. The van der Waals surface area contributed by atoms with E-state index in [2.05, 4.69) is 20.4 Å². The molecule has 31 heavy (non-hydrogen) atoms. The zero-order valence-corrected chi connectivity index (χ0v) is 17.9. The van der Waals surface area contributed by atoms with Crippen LogP contribution in [0.25, 0.3) is 0 Å². The average molecular weight is 448 g/mol. The molecule has 1 saturated heterocycles. The number of aromatic nitrogens is 1. The minimum absolute atomic E-state index is 0.0110. The second-order valence-corrected chi connectivity index (χ2v) is 8.16. The molecular weight excluding hydrogens is 427 g/mol. The Morgan fingerprint density at radius 1 is 1.29 bits per heavy atom. The lowest BCUT2D eigenvalue weighted by Crippen LogP contribution is -2.48. The molecule has 3 rings (SSSR count). The maximum absolute atomic E-state index is 13.2. The van der Waals surface area contributed by atoms with Gasteiger partial charge in [-0.15, -0.1) is 11.3 Å². The summed E-state index contributed by atoms with van der Waals surface area (Å²) in [6.45, 7) is 3.71. The van der Waals surface area contributed by atoms with Crippen molar-refractivity contribution in [1.82, 2.24) is 15.2 Å². The van der Waals surface area contributed by atoms with E-state index >= 15 is 0 Å². The van der Waals surface area contributed by atoms with Crippen LogP contribution in [0.4, 0.5) is 14.3 Å². The van der Waals surface area contributed by atoms with E-state index in [-0.39, 0.29) is 23.2 Å². The number of esters is 1. The molecule has 1 aliphatic heterocycles. The summed E-state index contributed by atoms with van der Waals surface area (Å²) in [5.74, 6) is -2.34. The van der Waals surface area contributed by atoms with Gasteiger partial charge in [0.2, 0.25) is 5.91 Å². The van der Waals surface area contributed by atoms with Gasteiger partial charge >= 0.3 is 12.0 Å². The van der Waals surface area contributed by atoms with Gasteiger partial charge in [0.05, 0.1) is 7.11 Å². The largest absolute Gasteiger partial charge is 0.464 e. The molecule has 11 heteroatoms. The average Bonchev–Trinajstić information content (AvgIpc) is 3.30. The van der Waals surface area contributed by atoms with Gasteiger partial charge < -0.3 is 15.4 Å². The van der Waals surface area contributed by atoms with Crippen LogP contribution in [-0.2, 0) is 14.3 Å². The minimum atomic E-state index is -1.09. The van der Waals surface area contributed by atoms with E-state index < -0.39 is 41.7 Å². The first-order chi connectivity index (χ1) is 14.7. The van der Waals surface area contributed by atoms with Crippen LogP contribution in [0.1, 0.15) is 42.4 Å². The van der Waals surface area contributed by atoms with Gasteiger partial charge in [0.1, 0.15) is 17.9 Å². The number of benzene rings is 1. The van der Waals surface area contributed by atoms with E-state index in [0.29, 0.717) is 5.56 Å². The highest BCUT2D eigenvalue weighted by molar-refractivity contribution is 7.14. The summed E-state index contributed by atoms with van der Waals surface area (Å²) in [5.41, 5.74) is 0.447. The Bertz CT molecular complexity index is 1010. The quantitative estimate of drug-likeness (QED) is 0.497. The summed E-state index contributed by atoms with van der Waals surface area (Å²) in [5, 5.41) is 6.68. The molecule has 0 bridgehead atoms. The summed E-state index contributed by atoms with van der Waals surface area (Å²) in [7, 11) is 1.22. The molecular formula is C20H21FN4O5S. The van der Waals surface area contributed by atoms with Gasteiger partial charge in [0, 0.05) is 5.38 Å². The maximum atomic E-state index is 13.2. The normalized spacial score (nSPS) is 16.9. The van der Waals surface area contributed by atoms with E-state index in [1.54, 1.807) is 0 Å². The molecule has 164 valence electrons. The molecule has 9 nitrogen and oxygen atoms in total. The van der Waals surface area contributed by atoms with Crippen LogP contribution in [0.2, 0.25) is 0 Å². The first kappa shape index (κ1) is 22.3. The van der Waals surface area contributed by atoms with Gasteiger partial charge in [-0.2, -0.15) is 0 Å². The second kappa shape index (κ2) is 9.21. The molecule has 1 fully saturated rings. The van der Waals surface area contributed by atoms with Crippen molar-refractivity contribution < 1.29 is 28.3 Å². The molecule has 0 radical (unpaired) electrons. The summed E-state index contributed by atoms with van der Waals surface area (Å²) in [6.07, 6.45) is 0.219. The second-order valence-electron chi connectivity index (χ2n) is 7.31. The van der Waals surface area contributed by atoms with Crippen molar-refractivity contribution in [3.63, 3.8) is 0 Å². The molecule has 0 saturated carbocycles. The number of rotatable bonds is 7. The number of methoxy groups -OCH3 is 1. The van der Waals surface area contributed by atoms with Crippen molar-refractivity contribution >= 4 is 40.3 Å². The molecule has 2 N–H and O–H groups in total. The number of amides is 4. The molecule has 1 aliphatic rings. The zero-order chi connectivity index (χ0) is 22.7. The molecule has 2 atom stereocenters. The lowest BCUT2D eigenvalue weighted by molar-refractivity contribution is -0.134. The van der Waals surface area contributed by atoms with E-state index in [0.717, 1.165) is 16.2 Å². The monoisotopic (exact) mass is 448 g/mol. The Kier molecular flexibility index (Phi) is 6.64. The summed E-state index contributed by atoms with van der Waals surface area (Å²) >= 11 is 1.02. The first-order valence-electron chi connectivity index (χ1n) is 9.45. The van der Waals surface area contributed by atoms with E-state index in [1.165, 1.54) is 36.8 Å². The number of anilines is 1. The lowest BCUT2D eigenvalue weighted by Gasteiger charge is -2.25. The lowest BCUT2D eigenvalue weighted by atomic mass is 10.0. The summed E-state index contributed by atoms with van der Waals surface area (Å²) in [4.78, 5) is 55.0. The fraction of sp³-hybridized carbons (Fsp3) is 0.350. The number of urea groups is 1. The maximum Gasteiger partial charge on any atom is 0.357 e. The van der Waals surface area contributed by atoms with Gasteiger partial charge in [-0.3, -0.25) is 9.59 Å².